The predicted octanol–water partition coefficient (Wildman–Crippen LogP) is 2.35. The minimum Gasteiger partial charge on any atom is -0.372 e. The molecule has 0 aliphatic heterocycles. The van der Waals surface area contributed by atoms with Crippen molar-refractivity contribution in [2.75, 3.05) is 38.1 Å². The molecule has 3 aromatic rings. The van der Waals surface area contributed by atoms with Crippen LogP contribution in [0.25, 0.3) is 5.65 Å². The molecule has 7 nitrogen and oxygen atoms in total. The highest BCUT2D eigenvalue weighted by atomic mass is 15.2. The van der Waals surface area contributed by atoms with E-state index in [4.69, 9.17) is 0 Å². The van der Waals surface area contributed by atoms with Crippen molar-refractivity contribution >= 4 is 17.3 Å². The molecular formula is C21H29N7. The van der Waals surface area contributed by atoms with E-state index >= 15 is 0 Å². The van der Waals surface area contributed by atoms with Crippen molar-refractivity contribution in [3.63, 3.8) is 0 Å². The Kier molecular flexibility index (Phi) is 7.23. The van der Waals surface area contributed by atoms with Crippen molar-refractivity contribution < 1.29 is 0 Å². The molecule has 0 radical (unpaired) electrons. The van der Waals surface area contributed by atoms with Crippen LogP contribution in [0.1, 0.15) is 19.2 Å². The Morgan fingerprint density at radius 1 is 1.04 bits per heavy atom. The fraction of sp³-hybridized carbons (Fsp3) is 0.381. The average Bonchev–Trinajstić information content (AvgIpc) is 3.16. The highest BCUT2D eigenvalue weighted by Crippen LogP contribution is 2.12. The highest BCUT2D eigenvalue weighted by molar-refractivity contribution is 5.79. The van der Waals surface area contributed by atoms with Gasteiger partial charge in [-0.05, 0) is 37.6 Å². The van der Waals surface area contributed by atoms with Gasteiger partial charge in [0.1, 0.15) is 5.82 Å². The lowest BCUT2D eigenvalue weighted by Gasteiger charge is -2.23. The Morgan fingerprint density at radius 2 is 1.82 bits per heavy atom. The molecule has 0 saturated carbocycles. The van der Waals surface area contributed by atoms with Crippen LogP contribution in [0.2, 0.25) is 0 Å². The van der Waals surface area contributed by atoms with Crippen LogP contribution in [0.3, 0.4) is 0 Å². The van der Waals surface area contributed by atoms with Gasteiger partial charge in [0.15, 0.2) is 11.6 Å². The second-order valence-electron chi connectivity index (χ2n) is 6.49. The molecule has 3 rings (SSSR count). The van der Waals surface area contributed by atoms with Crippen molar-refractivity contribution in [1.82, 2.24) is 25.2 Å². The van der Waals surface area contributed by atoms with Crippen LogP contribution in [0.4, 0.5) is 5.69 Å². The van der Waals surface area contributed by atoms with Gasteiger partial charge in [0, 0.05) is 51.5 Å². The molecule has 0 fully saturated rings. The summed E-state index contributed by atoms with van der Waals surface area (Å²) < 4.78 is 2.01. The molecule has 0 aliphatic carbocycles. The number of benzene rings is 1. The maximum absolute atomic E-state index is 4.30. The van der Waals surface area contributed by atoms with Crippen molar-refractivity contribution in [2.24, 2.45) is 4.99 Å². The Bertz CT molecular complexity index is 873. The van der Waals surface area contributed by atoms with Crippen LogP contribution in [0.5, 0.6) is 0 Å². The number of pyridine rings is 1. The summed E-state index contributed by atoms with van der Waals surface area (Å²) in [5.41, 5.74) is 2.15. The van der Waals surface area contributed by atoms with E-state index in [0.29, 0.717) is 0 Å². The summed E-state index contributed by atoms with van der Waals surface area (Å²) in [6.45, 7) is 5.83. The molecule has 7 heteroatoms. The smallest absolute Gasteiger partial charge is 0.190 e. The fourth-order valence-corrected chi connectivity index (χ4v) is 3.16. The molecule has 2 heterocycles. The normalized spacial score (nSPS) is 11.6. The number of nitrogens with one attached hydrogen (secondary N) is 2. The van der Waals surface area contributed by atoms with Gasteiger partial charge in [-0.1, -0.05) is 24.3 Å². The third-order valence-electron chi connectivity index (χ3n) is 4.65. The molecule has 0 amide bonds. The van der Waals surface area contributed by atoms with Gasteiger partial charge in [-0.3, -0.25) is 9.39 Å². The zero-order valence-corrected chi connectivity index (χ0v) is 16.7. The molecule has 0 bridgehead atoms. The first-order valence-corrected chi connectivity index (χ1v) is 9.85. The van der Waals surface area contributed by atoms with Crippen molar-refractivity contribution in [3.05, 3.63) is 60.6 Å². The number of nitrogens with zero attached hydrogens (tertiary/aromatic N) is 5. The van der Waals surface area contributed by atoms with E-state index in [-0.39, 0.29) is 0 Å². The molecule has 0 atom stereocenters. The Labute approximate surface area is 166 Å². The Morgan fingerprint density at radius 3 is 2.61 bits per heavy atom. The maximum atomic E-state index is 4.30. The first-order valence-electron chi connectivity index (χ1n) is 9.85. The Hall–Kier alpha value is -3.09. The number of anilines is 1. The number of hydrogen-bond acceptors (Lipinski definition) is 4. The molecule has 2 N–H and O–H groups in total. The summed E-state index contributed by atoms with van der Waals surface area (Å²) in [6, 6.07) is 16.5. The molecule has 0 aliphatic rings. The van der Waals surface area contributed by atoms with Gasteiger partial charge >= 0.3 is 0 Å². The average molecular weight is 380 g/mol. The molecule has 0 saturated heterocycles. The molecule has 1 aromatic carbocycles. The molecule has 2 aromatic heterocycles. The third-order valence-corrected chi connectivity index (χ3v) is 4.65. The maximum Gasteiger partial charge on any atom is 0.190 e. The number of hydrogen-bond donors (Lipinski definition) is 2. The van der Waals surface area contributed by atoms with Crippen LogP contribution in [0.15, 0.2) is 59.7 Å². The molecule has 0 unspecified atom stereocenters. The lowest BCUT2D eigenvalue weighted by atomic mass is 10.2. The summed E-state index contributed by atoms with van der Waals surface area (Å²) in [5.74, 6) is 1.76. The van der Waals surface area contributed by atoms with E-state index in [2.05, 4.69) is 68.0 Å². The van der Waals surface area contributed by atoms with E-state index in [0.717, 1.165) is 56.5 Å². The van der Waals surface area contributed by atoms with E-state index in [1.165, 1.54) is 5.69 Å². The summed E-state index contributed by atoms with van der Waals surface area (Å²) in [4.78, 5) is 6.69. The highest BCUT2D eigenvalue weighted by Gasteiger charge is 2.06. The SMILES string of the molecule is CCN(CCCNC(=NC)NCCc1nnc2ccccn12)c1ccccc1. The second kappa shape index (κ2) is 10.3. The monoisotopic (exact) mass is 379 g/mol. The predicted molar refractivity (Wildman–Crippen MR) is 115 cm³/mol. The van der Waals surface area contributed by atoms with Crippen LogP contribution < -0.4 is 15.5 Å². The number of fused-ring (bicyclic) bond motifs is 1. The Balaban J connectivity index is 1.39. The van der Waals surface area contributed by atoms with E-state index < -0.39 is 0 Å². The lowest BCUT2D eigenvalue weighted by Crippen LogP contribution is -2.39. The zero-order valence-electron chi connectivity index (χ0n) is 16.7. The van der Waals surface area contributed by atoms with E-state index in [9.17, 15) is 0 Å². The van der Waals surface area contributed by atoms with Gasteiger partial charge in [0.05, 0.1) is 0 Å². The van der Waals surface area contributed by atoms with Gasteiger partial charge in [-0.25, -0.2) is 0 Å². The number of rotatable bonds is 9. The summed E-state index contributed by atoms with van der Waals surface area (Å²) in [5, 5.41) is 15.2. The summed E-state index contributed by atoms with van der Waals surface area (Å²) in [6.07, 6.45) is 3.81. The largest absolute Gasteiger partial charge is 0.372 e. The quantitative estimate of drug-likeness (QED) is 0.339. The number of guanidine groups is 1. The summed E-state index contributed by atoms with van der Waals surface area (Å²) in [7, 11) is 1.80. The van der Waals surface area contributed by atoms with Gasteiger partial charge in [-0.15, -0.1) is 10.2 Å². The number of aliphatic imine (C=N–C) groups is 1. The number of para-hydroxylation sites is 1. The standard InChI is InChI=1S/C21H29N7/c1-3-27(18-10-5-4-6-11-18)16-9-14-23-21(22-2)24-15-13-20-26-25-19-12-7-8-17-28(19)20/h4-8,10-12,17H,3,9,13-16H2,1-2H3,(H2,22,23,24). The summed E-state index contributed by atoms with van der Waals surface area (Å²) >= 11 is 0. The van der Waals surface area contributed by atoms with Crippen LogP contribution in [-0.4, -0.2) is 53.8 Å². The fourth-order valence-electron chi connectivity index (χ4n) is 3.16. The molecule has 148 valence electrons. The van der Waals surface area contributed by atoms with Gasteiger partial charge in [0.25, 0.3) is 0 Å². The van der Waals surface area contributed by atoms with Crippen molar-refractivity contribution in [1.29, 1.82) is 0 Å². The van der Waals surface area contributed by atoms with Crippen LogP contribution >= 0.6 is 0 Å². The first kappa shape index (κ1) is 19.7. The van der Waals surface area contributed by atoms with Gasteiger partial charge in [-0.2, -0.15) is 0 Å². The molecule has 28 heavy (non-hydrogen) atoms. The van der Waals surface area contributed by atoms with E-state index in [1.807, 2.05) is 28.8 Å². The third kappa shape index (κ3) is 5.22. The van der Waals surface area contributed by atoms with E-state index in [1.54, 1.807) is 7.05 Å². The minimum absolute atomic E-state index is 0.750. The molecule has 0 spiro atoms. The lowest BCUT2D eigenvalue weighted by molar-refractivity contribution is 0.703. The minimum atomic E-state index is 0.750. The van der Waals surface area contributed by atoms with Crippen molar-refractivity contribution in [2.45, 2.75) is 19.8 Å². The number of aromatic nitrogens is 3. The molecular weight excluding hydrogens is 350 g/mol. The second-order valence-corrected chi connectivity index (χ2v) is 6.49. The van der Waals surface area contributed by atoms with Crippen LogP contribution in [0, 0.1) is 0 Å². The van der Waals surface area contributed by atoms with Crippen LogP contribution in [-0.2, 0) is 6.42 Å². The zero-order chi connectivity index (χ0) is 19.6. The first-order chi connectivity index (χ1) is 13.8. The van der Waals surface area contributed by atoms with Gasteiger partial charge in [0.2, 0.25) is 0 Å². The van der Waals surface area contributed by atoms with Gasteiger partial charge < -0.3 is 15.5 Å². The topological polar surface area (TPSA) is 69.8 Å². The van der Waals surface area contributed by atoms with Crippen molar-refractivity contribution in [3.8, 4) is 0 Å².